The molecule has 1 aliphatic carbocycles. The molecule has 0 atom stereocenters. The van der Waals surface area contributed by atoms with Gasteiger partial charge in [-0.05, 0) is 75.1 Å². The zero-order chi connectivity index (χ0) is 28.7. The van der Waals surface area contributed by atoms with Crippen molar-refractivity contribution in [3.63, 3.8) is 0 Å². The molecule has 1 N–H and O–H groups in total. The highest BCUT2D eigenvalue weighted by Crippen LogP contribution is 2.30. The van der Waals surface area contributed by atoms with Crippen LogP contribution in [0.3, 0.4) is 0 Å². The minimum absolute atomic E-state index is 0.129. The van der Waals surface area contributed by atoms with Gasteiger partial charge in [-0.1, -0.05) is 45.4 Å². The second-order valence-corrected chi connectivity index (χ2v) is 9.42. The fourth-order valence-electron chi connectivity index (χ4n) is 2.90. The standard InChI is InChI=1S/C14H13NS.C8H7F3N2.C6H10O.C2H6/c1-10-4-5-11(2)13(8-10)6-7-14-9-15-12(3)16-14;1-2-12-7-5-6(3-4-13-7)8(9,10)11;1-2-6(7)5-3-4-5;1-2/h4-5,8-9H,1-3H3;2-5H,1H2,(H,12,13);5H,2-4H2,1H3;1-2H3. The van der Waals surface area contributed by atoms with Crippen molar-refractivity contribution in [3.8, 4) is 11.8 Å². The van der Waals surface area contributed by atoms with E-state index >= 15 is 0 Å². The van der Waals surface area contributed by atoms with Gasteiger partial charge in [-0.25, -0.2) is 9.97 Å². The summed E-state index contributed by atoms with van der Waals surface area (Å²) in [6.07, 6.45) is 2.92. The van der Waals surface area contributed by atoms with Crippen LogP contribution in [0.2, 0.25) is 0 Å². The molecule has 0 amide bonds. The Balaban J connectivity index is 0.000000294. The monoisotopic (exact) mass is 543 g/mol. The van der Waals surface area contributed by atoms with E-state index in [1.165, 1.54) is 17.3 Å². The van der Waals surface area contributed by atoms with Crippen LogP contribution in [-0.2, 0) is 11.0 Å². The Bertz CT molecular complexity index is 1240. The molecule has 0 unspecified atom stereocenters. The van der Waals surface area contributed by atoms with E-state index in [1.807, 2.05) is 33.9 Å². The second kappa shape index (κ2) is 16.4. The van der Waals surface area contributed by atoms with Crippen molar-refractivity contribution in [1.82, 2.24) is 9.97 Å². The molecule has 0 saturated heterocycles. The Labute approximate surface area is 228 Å². The molecule has 2 heterocycles. The number of anilines is 1. The molecule has 1 aromatic carbocycles. The lowest BCUT2D eigenvalue weighted by Crippen LogP contribution is -2.05. The van der Waals surface area contributed by atoms with Crippen molar-refractivity contribution >= 4 is 22.9 Å². The van der Waals surface area contributed by atoms with Crippen LogP contribution >= 0.6 is 11.3 Å². The van der Waals surface area contributed by atoms with Gasteiger partial charge in [0.25, 0.3) is 0 Å². The maximum Gasteiger partial charge on any atom is 0.416 e. The number of pyridine rings is 1. The van der Waals surface area contributed by atoms with Crippen molar-refractivity contribution in [2.45, 2.75) is 67.0 Å². The van der Waals surface area contributed by atoms with Gasteiger partial charge >= 0.3 is 6.18 Å². The number of carbonyl (C=O) groups is 1. The number of hydrogen-bond acceptors (Lipinski definition) is 5. The van der Waals surface area contributed by atoms with Crippen LogP contribution in [0.1, 0.15) is 72.2 Å². The van der Waals surface area contributed by atoms with Crippen molar-refractivity contribution in [2.24, 2.45) is 5.92 Å². The van der Waals surface area contributed by atoms with Gasteiger partial charge in [0.1, 0.15) is 11.6 Å². The molecule has 4 rings (SSSR count). The first kappa shape index (κ1) is 32.6. The Morgan fingerprint density at radius 2 is 1.82 bits per heavy atom. The van der Waals surface area contributed by atoms with Gasteiger partial charge in [0.05, 0.1) is 21.6 Å². The lowest BCUT2D eigenvalue weighted by atomic mass is 10.1. The van der Waals surface area contributed by atoms with E-state index in [4.69, 9.17) is 0 Å². The first-order valence-electron chi connectivity index (χ1n) is 12.5. The van der Waals surface area contributed by atoms with Crippen LogP contribution in [0, 0.1) is 38.5 Å². The quantitative estimate of drug-likeness (QED) is 0.335. The summed E-state index contributed by atoms with van der Waals surface area (Å²) in [7, 11) is 0. The summed E-state index contributed by atoms with van der Waals surface area (Å²) in [6, 6.07) is 8.17. The van der Waals surface area contributed by atoms with Crippen LogP contribution in [0.4, 0.5) is 19.0 Å². The molecule has 8 heteroatoms. The van der Waals surface area contributed by atoms with Gasteiger partial charge in [0.15, 0.2) is 0 Å². The second-order valence-electron chi connectivity index (χ2n) is 8.18. The first-order valence-corrected chi connectivity index (χ1v) is 13.3. The average Bonchev–Trinajstić information content (AvgIpc) is 3.67. The van der Waals surface area contributed by atoms with Gasteiger partial charge in [0.2, 0.25) is 0 Å². The van der Waals surface area contributed by atoms with E-state index in [-0.39, 0.29) is 5.82 Å². The van der Waals surface area contributed by atoms with Gasteiger partial charge in [-0.15, -0.1) is 11.3 Å². The maximum atomic E-state index is 12.1. The normalized spacial score (nSPS) is 11.6. The number of nitrogens with one attached hydrogen (secondary N) is 1. The third-order valence-electron chi connectivity index (χ3n) is 5.05. The predicted molar refractivity (Wildman–Crippen MR) is 151 cm³/mol. The van der Waals surface area contributed by atoms with E-state index in [2.05, 4.69) is 65.8 Å². The van der Waals surface area contributed by atoms with Crippen molar-refractivity contribution in [3.05, 3.63) is 87.6 Å². The highest BCUT2D eigenvalue weighted by atomic mass is 32.1. The molecule has 0 spiro atoms. The van der Waals surface area contributed by atoms with Crippen molar-refractivity contribution in [1.29, 1.82) is 0 Å². The van der Waals surface area contributed by atoms with Gasteiger partial charge in [-0.2, -0.15) is 13.2 Å². The fraction of sp³-hybridized carbons (Fsp3) is 0.367. The van der Waals surface area contributed by atoms with Gasteiger partial charge < -0.3 is 5.32 Å². The predicted octanol–water partition coefficient (Wildman–Crippen LogP) is 8.53. The Kier molecular flexibility index (Phi) is 14.1. The number of aryl methyl sites for hydroxylation is 3. The SMILES string of the molecule is C=CNc1cc(C(F)(F)F)ccn1.CC.CCC(=O)C1CC1.Cc1ccc(C)c(C#Cc2cnc(C)s2)c1. The number of alkyl halides is 3. The minimum Gasteiger partial charge on any atom is -0.347 e. The molecule has 0 aliphatic heterocycles. The third-order valence-corrected chi connectivity index (χ3v) is 5.88. The van der Waals surface area contributed by atoms with Crippen LogP contribution in [0.15, 0.2) is 55.5 Å². The first-order chi connectivity index (χ1) is 18.0. The number of carbonyl (C=O) groups excluding carboxylic acids is 1. The molecule has 38 heavy (non-hydrogen) atoms. The van der Waals surface area contributed by atoms with Crippen LogP contribution < -0.4 is 5.32 Å². The van der Waals surface area contributed by atoms with Crippen LogP contribution in [0.5, 0.6) is 0 Å². The molecular formula is C30H36F3N3OS. The van der Waals surface area contributed by atoms with Gasteiger partial charge in [-0.3, -0.25) is 4.79 Å². The summed E-state index contributed by atoms with van der Waals surface area (Å²) in [5, 5.41) is 3.53. The van der Waals surface area contributed by atoms with E-state index in [9.17, 15) is 18.0 Å². The van der Waals surface area contributed by atoms with E-state index in [1.54, 1.807) is 11.3 Å². The van der Waals surface area contributed by atoms with Crippen LogP contribution in [-0.4, -0.2) is 15.8 Å². The molecule has 1 saturated carbocycles. The number of hydrogen-bond donors (Lipinski definition) is 1. The highest BCUT2D eigenvalue weighted by molar-refractivity contribution is 7.12. The van der Waals surface area contributed by atoms with E-state index in [0.29, 0.717) is 11.7 Å². The number of halogens is 3. The highest BCUT2D eigenvalue weighted by Gasteiger charge is 2.30. The van der Waals surface area contributed by atoms with Crippen LogP contribution in [0.25, 0.3) is 0 Å². The number of thiazole rings is 1. The summed E-state index contributed by atoms with van der Waals surface area (Å²) in [4.78, 5) is 19.4. The summed E-state index contributed by atoms with van der Waals surface area (Å²) >= 11 is 1.63. The number of Topliss-reactive ketones (excluding diaryl/α,β-unsaturated/α-hetero) is 1. The number of aromatic nitrogens is 2. The molecule has 3 aromatic rings. The summed E-state index contributed by atoms with van der Waals surface area (Å²) in [5.41, 5.74) is 2.84. The largest absolute Gasteiger partial charge is 0.416 e. The van der Waals surface area contributed by atoms with E-state index in [0.717, 1.165) is 53.0 Å². The van der Waals surface area contributed by atoms with Gasteiger partial charge in [0, 0.05) is 24.1 Å². The smallest absolute Gasteiger partial charge is 0.347 e. The molecule has 204 valence electrons. The Morgan fingerprint density at radius 1 is 1.13 bits per heavy atom. The summed E-state index contributed by atoms with van der Waals surface area (Å²) < 4.78 is 36.4. The summed E-state index contributed by atoms with van der Waals surface area (Å²) in [5.74, 6) is 7.42. The zero-order valence-corrected chi connectivity index (χ0v) is 23.7. The summed E-state index contributed by atoms with van der Waals surface area (Å²) in [6.45, 7) is 15.4. The topological polar surface area (TPSA) is 54.9 Å². The Hall–Kier alpha value is -3.44. The fourth-order valence-corrected chi connectivity index (χ4v) is 3.53. The molecule has 2 aromatic heterocycles. The van der Waals surface area contributed by atoms with E-state index < -0.39 is 11.7 Å². The maximum absolute atomic E-state index is 12.1. The lowest BCUT2D eigenvalue weighted by molar-refractivity contribution is -0.137. The Morgan fingerprint density at radius 3 is 2.32 bits per heavy atom. The molecule has 0 bridgehead atoms. The number of ketones is 1. The number of rotatable bonds is 4. The van der Waals surface area contributed by atoms with Crippen molar-refractivity contribution < 1.29 is 18.0 Å². The third kappa shape index (κ3) is 12.2. The molecule has 0 radical (unpaired) electrons. The zero-order valence-electron chi connectivity index (χ0n) is 22.9. The molecular weight excluding hydrogens is 507 g/mol. The average molecular weight is 544 g/mol. The number of benzene rings is 1. The molecule has 4 nitrogen and oxygen atoms in total. The lowest BCUT2D eigenvalue weighted by Gasteiger charge is -2.07. The minimum atomic E-state index is -4.33. The molecule has 1 aliphatic rings. The number of nitrogens with zero attached hydrogens (tertiary/aromatic N) is 2. The van der Waals surface area contributed by atoms with Crippen molar-refractivity contribution in [2.75, 3.05) is 5.32 Å². The molecule has 1 fully saturated rings.